The van der Waals surface area contributed by atoms with Gasteiger partial charge in [-0.2, -0.15) is 0 Å². The summed E-state index contributed by atoms with van der Waals surface area (Å²) in [6, 6.07) is 1.83. The molecule has 1 aromatic rings. The van der Waals surface area contributed by atoms with Gasteiger partial charge in [0.15, 0.2) is 0 Å². The SMILES string of the molecule is CCCCN1CC(C(=O)N[C@@H](Cc2cc(F)cc(F)c2)[C@H](O)[C@H]2CN(CC(=O)N3CCCCC3)CCN2)CC1=O. The van der Waals surface area contributed by atoms with Crippen LogP contribution in [0.3, 0.4) is 0 Å². The zero-order valence-corrected chi connectivity index (χ0v) is 23.4. The van der Waals surface area contributed by atoms with Crippen LogP contribution >= 0.6 is 0 Å². The van der Waals surface area contributed by atoms with E-state index in [9.17, 15) is 28.3 Å². The number of aliphatic hydroxyl groups excluding tert-OH is 1. The maximum Gasteiger partial charge on any atom is 0.236 e. The normalized spacial score (nSPS) is 23.8. The van der Waals surface area contributed by atoms with Crippen LogP contribution in [0.5, 0.6) is 0 Å². The lowest BCUT2D eigenvalue weighted by atomic mass is 9.94. The van der Waals surface area contributed by atoms with Crippen LogP contribution < -0.4 is 10.6 Å². The van der Waals surface area contributed by atoms with Gasteiger partial charge in [0.1, 0.15) is 11.6 Å². The molecule has 4 atom stereocenters. The third-order valence-corrected chi connectivity index (χ3v) is 8.25. The third kappa shape index (κ3) is 8.20. The Morgan fingerprint density at radius 3 is 2.52 bits per heavy atom. The fourth-order valence-electron chi connectivity index (χ4n) is 5.98. The highest BCUT2D eigenvalue weighted by molar-refractivity contribution is 5.89. The van der Waals surface area contributed by atoms with Gasteiger partial charge in [-0.15, -0.1) is 0 Å². The zero-order chi connectivity index (χ0) is 28.6. The lowest BCUT2D eigenvalue weighted by molar-refractivity contribution is -0.133. The van der Waals surface area contributed by atoms with Gasteiger partial charge in [0.05, 0.1) is 24.6 Å². The topological polar surface area (TPSA) is 105 Å². The van der Waals surface area contributed by atoms with E-state index in [1.165, 1.54) is 12.1 Å². The minimum atomic E-state index is -1.10. The summed E-state index contributed by atoms with van der Waals surface area (Å²) < 4.78 is 27.9. The van der Waals surface area contributed by atoms with Crippen LogP contribution in [-0.4, -0.2) is 108 Å². The summed E-state index contributed by atoms with van der Waals surface area (Å²) in [5, 5.41) is 17.7. The number of aliphatic hydroxyl groups is 1. The molecule has 0 aliphatic carbocycles. The number of carbonyl (C=O) groups excluding carboxylic acids is 3. The lowest BCUT2D eigenvalue weighted by Crippen LogP contribution is -2.62. The van der Waals surface area contributed by atoms with Crippen LogP contribution in [0, 0.1) is 17.6 Å². The molecule has 3 saturated heterocycles. The van der Waals surface area contributed by atoms with Gasteiger partial charge in [-0.3, -0.25) is 19.3 Å². The molecule has 3 aliphatic heterocycles. The molecule has 0 radical (unpaired) electrons. The van der Waals surface area contributed by atoms with Crippen molar-refractivity contribution >= 4 is 17.7 Å². The number of likely N-dealkylation sites (tertiary alicyclic amines) is 2. The number of piperazine rings is 1. The Morgan fingerprint density at radius 1 is 1.10 bits per heavy atom. The van der Waals surface area contributed by atoms with Crippen LogP contribution in [0.1, 0.15) is 51.0 Å². The minimum absolute atomic E-state index is 0.00664. The molecular formula is C29H43F2N5O4. The van der Waals surface area contributed by atoms with E-state index in [4.69, 9.17) is 0 Å². The molecular weight excluding hydrogens is 520 g/mol. The van der Waals surface area contributed by atoms with Crippen molar-refractivity contribution in [1.82, 2.24) is 25.3 Å². The Morgan fingerprint density at radius 2 is 1.82 bits per heavy atom. The Balaban J connectivity index is 1.43. The molecule has 11 heteroatoms. The standard InChI is InChI=1S/C29H43F2N5O4/c1-2-3-8-36-17-21(15-26(36)37)29(40)33-24(14-20-12-22(30)16-23(31)13-20)28(39)25-18-34(11-7-32-25)19-27(38)35-9-5-4-6-10-35/h12-13,16,21,24-25,28,32,39H,2-11,14-15,17-19H2,1H3,(H,33,40)/t21?,24-,25+,28-/m0/s1. The summed E-state index contributed by atoms with van der Waals surface area (Å²) in [5.74, 6) is -2.38. The summed E-state index contributed by atoms with van der Waals surface area (Å²) >= 11 is 0. The highest BCUT2D eigenvalue weighted by Gasteiger charge is 2.38. The van der Waals surface area contributed by atoms with Crippen molar-refractivity contribution in [2.45, 2.75) is 70.1 Å². The molecule has 0 spiro atoms. The molecule has 0 saturated carbocycles. The van der Waals surface area contributed by atoms with Crippen LogP contribution in [0.25, 0.3) is 0 Å². The average molecular weight is 564 g/mol. The van der Waals surface area contributed by atoms with Crippen LogP contribution in [0.2, 0.25) is 0 Å². The zero-order valence-electron chi connectivity index (χ0n) is 23.4. The first-order chi connectivity index (χ1) is 19.2. The van der Waals surface area contributed by atoms with Crippen LogP contribution in [0.4, 0.5) is 8.78 Å². The monoisotopic (exact) mass is 563 g/mol. The molecule has 9 nitrogen and oxygen atoms in total. The van der Waals surface area contributed by atoms with Crippen LogP contribution in [0.15, 0.2) is 18.2 Å². The van der Waals surface area contributed by atoms with Crippen molar-refractivity contribution < 1.29 is 28.3 Å². The van der Waals surface area contributed by atoms with Crippen molar-refractivity contribution in [1.29, 1.82) is 0 Å². The van der Waals surface area contributed by atoms with Crippen LogP contribution in [-0.2, 0) is 20.8 Å². The smallest absolute Gasteiger partial charge is 0.236 e. The van der Waals surface area contributed by atoms with Crippen molar-refractivity contribution in [3.63, 3.8) is 0 Å². The van der Waals surface area contributed by atoms with Crippen molar-refractivity contribution in [3.8, 4) is 0 Å². The second kappa shape index (κ2) is 14.3. The molecule has 3 aliphatic rings. The number of amides is 3. The third-order valence-electron chi connectivity index (χ3n) is 8.25. The summed E-state index contributed by atoms with van der Waals surface area (Å²) in [5.41, 5.74) is 0.307. The summed E-state index contributed by atoms with van der Waals surface area (Å²) in [4.78, 5) is 44.1. The second-order valence-electron chi connectivity index (χ2n) is 11.4. The number of carbonyl (C=O) groups is 3. The number of benzene rings is 1. The van der Waals surface area contributed by atoms with E-state index in [1.54, 1.807) is 4.90 Å². The maximum atomic E-state index is 14.0. The van der Waals surface area contributed by atoms with E-state index in [0.717, 1.165) is 51.3 Å². The lowest BCUT2D eigenvalue weighted by Gasteiger charge is -2.39. The number of halogens is 2. The van der Waals surface area contributed by atoms with E-state index in [2.05, 4.69) is 10.6 Å². The largest absolute Gasteiger partial charge is 0.389 e. The first kappa shape index (κ1) is 30.3. The highest BCUT2D eigenvalue weighted by atomic mass is 19.1. The number of rotatable bonds is 11. The Bertz CT molecular complexity index is 1020. The van der Waals surface area contributed by atoms with Gasteiger partial charge in [0.2, 0.25) is 17.7 Å². The van der Waals surface area contributed by atoms with Gasteiger partial charge in [-0.25, -0.2) is 8.78 Å². The van der Waals surface area contributed by atoms with Gasteiger partial charge in [-0.1, -0.05) is 13.3 Å². The molecule has 1 aromatic carbocycles. The molecule has 1 unspecified atom stereocenters. The van der Waals surface area contributed by atoms with E-state index in [1.807, 2.05) is 16.7 Å². The van der Waals surface area contributed by atoms with Gasteiger partial charge in [-0.05, 0) is 49.8 Å². The van der Waals surface area contributed by atoms with Crippen molar-refractivity contribution in [3.05, 3.63) is 35.4 Å². The van der Waals surface area contributed by atoms with Gasteiger partial charge < -0.3 is 25.5 Å². The van der Waals surface area contributed by atoms with Gasteiger partial charge >= 0.3 is 0 Å². The number of unbranched alkanes of at least 4 members (excludes halogenated alkanes) is 1. The summed E-state index contributed by atoms with van der Waals surface area (Å²) in [6.07, 6.45) is 3.97. The number of nitrogens with zero attached hydrogens (tertiary/aromatic N) is 3. The fraction of sp³-hybridized carbons (Fsp3) is 0.690. The van der Waals surface area contributed by atoms with Gasteiger partial charge in [0.25, 0.3) is 0 Å². The molecule has 3 N–H and O–H groups in total. The summed E-state index contributed by atoms with van der Waals surface area (Å²) in [6.45, 7) is 6.34. The molecule has 3 amide bonds. The average Bonchev–Trinajstić information content (AvgIpc) is 3.31. The second-order valence-corrected chi connectivity index (χ2v) is 11.4. The van der Waals surface area contributed by atoms with E-state index in [-0.39, 0.29) is 37.1 Å². The van der Waals surface area contributed by atoms with E-state index in [0.29, 0.717) is 38.3 Å². The number of nitrogens with one attached hydrogen (secondary N) is 2. The number of piperidine rings is 1. The van der Waals surface area contributed by atoms with Gasteiger partial charge in [0, 0.05) is 64.3 Å². The number of hydrogen-bond donors (Lipinski definition) is 3. The fourth-order valence-corrected chi connectivity index (χ4v) is 5.98. The quantitative estimate of drug-likeness (QED) is 0.375. The van der Waals surface area contributed by atoms with E-state index < -0.39 is 35.7 Å². The predicted octanol–water partition coefficient (Wildman–Crippen LogP) is 1.29. The molecule has 0 bridgehead atoms. The molecule has 222 valence electrons. The Kier molecular flexibility index (Phi) is 10.9. The van der Waals surface area contributed by atoms with Crippen molar-refractivity contribution in [2.24, 2.45) is 5.92 Å². The molecule has 0 aromatic heterocycles. The highest BCUT2D eigenvalue weighted by Crippen LogP contribution is 2.21. The Labute approximate surface area is 235 Å². The molecule has 4 rings (SSSR count). The maximum absolute atomic E-state index is 14.0. The summed E-state index contributed by atoms with van der Waals surface area (Å²) in [7, 11) is 0. The predicted molar refractivity (Wildman–Crippen MR) is 146 cm³/mol. The molecule has 40 heavy (non-hydrogen) atoms. The van der Waals surface area contributed by atoms with E-state index >= 15 is 0 Å². The molecule has 3 heterocycles. The molecule has 3 fully saturated rings. The minimum Gasteiger partial charge on any atom is -0.389 e. The first-order valence-electron chi connectivity index (χ1n) is 14.7. The number of hydrogen-bond acceptors (Lipinski definition) is 6. The van der Waals surface area contributed by atoms with Crippen molar-refractivity contribution in [2.75, 3.05) is 52.4 Å². The first-order valence-corrected chi connectivity index (χ1v) is 14.7. The Hall–Kier alpha value is -2.63.